The number of aromatic nitrogens is 2. The van der Waals surface area contributed by atoms with E-state index in [-0.39, 0.29) is 0 Å². The second kappa shape index (κ2) is 8.35. The fourth-order valence-corrected chi connectivity index (χ4v) is 2.76. The van der Waals surface area contributed by atoms with Crippen molar-refractivity contribution in [1.82, 2.24) is 15.1 Å². The third-order valence-electron chi connectivity index (χ3n) is 4.00. The van der Waals surface area contributed by atoms with Crippen LogP contribution in [0.1, 0.15) is 16.7 Å². The zero-order valence-electron chi connectivity index (χ0n) is 14.6. The van der Waals surface area contributed by atoms with Gasteiger partial charge in [0.1, 0.15) is 0 Å². The highest BCUT2D eigenvalue weighted by molar-refractivity contribution is 5.42. The van der Waals surface area contributed by atoms with Gasteiger partial charge in [0.15, 0.2) is 11.5 Å². The number of nitrogens with zero attached hydrogens (tertiary/aromatic N) is 2. The summed E-state index contributed by atoms with van der Waals surface area (Å²) < 4.78 is 12.5. The van der Waals surface area contributed by atoms with Crippen LogP contribution in [0, 0.1) is 0 Å². The maximum atomic E-state index is 5.35. The molecule has 0 fully saturated rings. The third kappa shape index (κ3) is 4.61. The Bertz CT molecular complexity index is 800. The molecule has 0 saturated carbocycles. The molecule has 25 heavy (non-hydrogen) atoms. The van der Waals surface area contributed by atoms with Gasteiger partial charge in [-0.25, -0.2) is 0 Å². The van der Waals surface area contributed by atoms with Gasteiger partial charge in [-0.1, -0.05) is 30.3 Å². The van der Waals surface area contributed by atoms with Crippen molar-refractivity contribution in [3.05, 3.63) is 77.6 Å². The maximum Gasteiger partial charge on any atom is 0.161 e. The van der Waals surface area contributed by atoms with E-state index in [4.69, 9.17) is 9.47 Å². The SMILES string of the molecule is COc1ccc(CNCc2cccc(Cn3cccn3)c2)cc1OC. The van der Waals surface area contributed by atoms with Crippen molar-refractivity contribution < 1.29 is 9.47 Å². The first kappa shape index (κ1) is 17.0. The zero-order chi connectivity index (χ0) is 17.5. The number of methoxy groups -OCH3 is 2. The van der Waals surface area contributed by atoms with Gasteiger partial charge in [-0.2, -0.15) is 5.10 Å². The van der Waals surface area contributed by atoms with Gasteiger partial charge in [-0.15, -0.1) is 0 Å². The Morgan fingerprint density at radius 3 is 2.36 bits per heavy atom. The third-order valence-corrected chi connectivity index (χ3v) is 4.00. The Kier molecular flexibility index (Phi) is 5.69. The lowest BCUT2D eigenvalue weighted by molar-refractivity contribution is 0.354. The van der Waals surface area contributed by atoms with Crippen molar-refractivity contribution in [1.29, 1.82) is 0 Å². The lowest BCUT2D eigenvalue weighted by atomic mass is 10.1. The minimum atomic E-state index is 0.748. The lowest BCUT2D eigenvalue weighted by Crippen LogP contribution is -2.13. The van der Waals surface area contributed by atoms with Gasteiger partial charge in [-0.05, 0) is 34.9 Å². The summed E-state index contributed by atoms with van der Waals surface area (Å²) in [5.41, 5.74) is 3.66. The number of hydrogen-bond donors (Lipinski definition) is 1. The standard InChI is InChI=1S/C20H23N3O2/c1-24-19-8-7-17(12-20(19)25-2)14-21-13-16-5-3-6-18(11-16)15-23-10-4-9-22-23/h3-12,21H,13-15H2,1-2H3. The van der Waals surface area contributed by atoms with Crippen LogP contribution >= 0.6 is 0 Å². The van der Waals surface area contributed by atoms with Gasteiger partial charge in [0, 0.05) is 25.5 Å². The van der Waals surface area contributed by atoms with Crippen LogP contribution in [-0.4, -0.2) is 24.0 Å². The fraction of sp³-hybridized carbons (Fsp3) is 0.250. The van der Waals surface area contributed by atoms with Crippen molar-refractivity contribution in [2.45, 2.75) is 19.6 Å². The van der Waals surface area contributed by atoms with E-state index in [9.17, 15) is 0 Å². The highest BCUT2D eigenvalue weighted by Gasteiger charge is 2.04. The molecule has 0 spiro atoms. The molecular weight excluding hydrogens is 314 g/mol. The fourth-order valence-electron chi connectivity index (χ4n) is 2.76. The number of nitrogens with one attached hydrogen (secondary N) is 1. The summed E-state index contributed by atoms with van der Waals surface area (Å²) in [5, 5.41) is 7.73. The number of ether oxygens (including phenoxy) is 2. The van der Waals surface area contributed by atoms with E-state index in [1.54, 1.807) is 20.4 Å². The van der Waals surface area contributed by atoms with Crippen LogP contribution in [0.5, 0.6) is 11.5 Å². The lowest BCUT2D eigenvalue weighted by Gasteiger charge is -2.11. The van der Waals surface area contributed by atoms with E-state index in [1.807, 2.05) is 35.1 Å². The summed E-state index contributed by atoms with van der Waals surface area (Å²) >= 11 is 0. The summed E-state index contributed by atoms with van der Waals surface area (Å²) in [6, 6.07) is 16.5. The van der Waals surface area contributed by atoms with Crippen LogP contribution in [-0.2, 0) is 19.6 Å². The van der Waals surface area contributed by atoms with E-state index in [1.165, 1.54) is 11.1 Å². The quantitative estimate of drug-likeness (QED) is 0.685. The van der Waals surface area contributed by atoms with Crippen LogP contribution in [0.3, 0.4) is 0 Å². The van der Waals surface area contributed by atoms with Gasteiger partial charge < -0.3 is 14.8 Å². The molecule has 5 nitrogen and oxygen atoms in total. The van der Waals surface area contributed by atoms with Gasteiger partial charge in [0.2, 0.25) is 0 Å². The highest BCUT2D eigenvalue weighted by atomic mass is 16.5. The van der Waals surface area contributed by atoms with E-state index in [0.717, 1.165) is 36.7 Å². The monoisotopic (exact) mass is 337 g/mol. The highest BCUT2D eigenvalue weighted by Crippen LogP contribution is 2.27. The van der Waals surface area contributed by atoms with Crippen molar-refractivity contribution >= 4 is 0 Å². The molecule has 1 heterocycles. The molecule has 0 atom stereocenters. The molecule has 3 rings (SSSR count). The van der Waals surface area contributed by atoms with Crippen molar-refractivity contribution in [2.75, 3.05) is 14.2 Å². The largest absolute Gasteiger partial charge is 0.493 e. The predicted octanol–water partition coefficient (Wildman–Crippen LogP) is 3.24. The van der Waals surface area contributed by atoms with Gasteiger partial charge >= 0.3 is 0 Å². The molecule has 1 N–H and O–H groups in total. The molecule has 5 heteroatoms. The summed E-state index contributed by atoms with van der Waals surface area (Å²) in [4.78, 5) is 0. The Morgan fingerprint density at radius 2 is 1.64 bits per heavy atom. The van der Waals surface area contributed by atoms with Crippen molar-refractivity contribution in [3.8, 4) is 11.5 Å². The average Bonchev–Trinajstić information content (AvgIpc) is 3.15. The van der Waals surface area contributed by atoms with E-state index in [2.05, 4.69) is 34.7 Å². The molecular formula is C20H23N3O2. The number of benzene rings is 2. The van der Waals surface area contributed by atoms with Crippen LogP contribution < -0.4 is 14.8 Å². The van der Waals surface area contributed by atoms with Gasteiger partial charge in [0.05, 0.1) is 20.8 Å². The molecule has 130 valence electrons. The Hall–Kier alpha value is -2.79. The van der Waals surface area contributed by atoms with E-state index >= 15 is 0 Å². The Balaban J connectivity index is 1.57. The minimum Gasteiger partial charge on any atom is -0.493 e. The van der Waals surface area contributed by atoms with Crippen LogP contribution in [0.25, 0.3) is 0 Å². The van der Waals surface area contributed by atoms with Crippen LogP contribution in [0.2, 0.25) is 0 Å². The topological polar surface area (TPSA) is 48.3 Å². The molecule has 0 radical (unpaired) electrons. The molecule has 0 aliphatic rings. The zero-order valence-corrected chi connectivity index (χ0v) is 14.6. The van der Waals surface area contributed by atoms with E-state index < -0.39 is 0 Å². The molecule has 0 unspecified atom stereocenters. The molecule has 0 saturated heterocycles. The van der Waals surface area contributed by atoms with Crippen LogP contribution in [0.4, 0.5) is 0 Å². The summed E-state index contributed by atoms with van der Waals surface area (Å²) in [7, 11) is 3.30. The van der Waals surface area contributed by atoms with E-state index in [0.29, 0.717) is 0 Å². The Labute approximate surface area is 148 Å². The van der Waals surface area contributed by atoms with Gasteiger partial charge in [-0.3, -0.25) is 4.68 Å². The second-order valence-electron chi connectivity index (χ2n) is 5.82. The first-order valence-corrected chi connectivity index (χ1v) is 8.25. The maximum absolute atomic E-state index is 5.35. The van der Waals surface area contributed by atoms with Crippen LogP contribution in [0.15, 0.2) is 60.9 Å². The molecule has 0 aliphatic heterocycles. The first-order valence-electron chi connectivity index (χ1n) is 8.25. The molecule has 0 aliphatic carbocycles. The minimum absolute atomic E-state index is 0.748. The summed E-state index contributed by atoms with van der Waals surface area (Å²) in [6.45, 7) is 2.36. The Morgan fingerprint density at radius 1 is 0.880 bits per heavy atom. The summed E-state index contributed by atoms with van der Waals surface area (Å²) in [6.07, 6.45) is 3.77. The molecule has 0 amide bonds. The first-order chi connectivity index (χ1) is 12.3. The smallest absolute Gasteiger partial charge is 0.161 e. The molecule has 3 aromatic rings. The average molecular weight is 337 g/mol. The molecule has 0 bridgehead atoms. The predicted molar refractivity (Wildman–Crippen MR) is 97.9 cm³/mol. The molecule has 1 aromatic heterocycles. The normalized spacial score (nSPS) is 10.6. The van der Waals surface area contributed by atoms with Gasteiger partial charge in [0.25, 0.3) is 0 Å². The van der Waals surface area contributed by atoms with Crippen molar-refractivity contribution in [2.24, 2.45) is 0 Å². The molecule has 2 aromatic carbocycles. The number of rotatable bonds is 8. The summed E-state index contributed by atoms with van der Waals surface area (Å²) in [5.74, 6) is 1.50. The second-order valence-corrected chi connectivity index (χ2v) is 5.82. The van der Waals surface area contributed by atoms with Crippen molar-refractivity contribution in [3.63, 3.8) is 0 Å². The number of hydrogen-bond acceptors (Lipinski definition) is 4.